The van der Waals surface area contributed by atoms with Crippen LogP contribution in [0.25, 0.3) is 0 Å². The van der Waals surface area contributed by atoms with Crippen molar-refractivity contribution in [2.24, 2.45) is 11.8 Å². The van der Waals surface area contributed by atoms with E-state index in [-0.39, 0.29) is 11.8 Å². The fourth-order valence-electron chi connectivity index (χ4n) is 2.13. The quantitative estimate of drug-likeness (QED) is 0.704. The first-order valence-corrected chi connectivity index (χ1v) is 5.78. The predicted molar refractivity (Wildman–Crippen MR) is 55.9 cm³/mol. The number of carbonyl (C=O) groups excluding carboxylic acids is 1. The molecule has 0 aromatic heterocycles. The number of carbonyl (C=O) groups is 1. The Morgan fingerprint density at radius 1 is 1.43 bits per heavy atom. The van der Waals surface area contributed by atoms with Crippen molar-refractivity contribution in [3.05, 3.63) is 0 Å². The highest BCUT2D eigenvalue weighted by atomic mass is 16.2. The van der Waals surface area contributed by atoms with Crippen molar-refractivity contribution in [2.75, 3.05) is 13.1 Å². The summed E-state index contributed by atoms with van der Waals surface area (Å²) in [6, 6.07) is 0.393. The average molecular weight is 196 g/mol. The lowest BCUT2D eigenvalue weighted by molar-refractivity contribution is -0.126. The van der Waals surface area contributed by atoms with Crippen LogP contribution in [0.15, 0.2) is 0 Å². The largest absolute Gasteiger partial charge is 0.353 e. The van der Waals surface area contributed by atoms with Gasteiger partial charge in [-0.05, 0) is 45.1 Å². The molecule has 1 amide bonds. The Balaban J connectivity index is 1.75. The molecule has 2 N–H and O–H groups in total. The van der Waals surface area contributed by atoms with Gasteiger partial charge in [0.1, 0.15) is 0 Å². The van der Waals surface area contributed by atoms with Gasteiger partial charge in [0.2, 0.25) is 5.91 Å². The van der Waals surface area contributed by atoms with Crippen LogP contribution in [-0.4, -0.2) is 25.0 Å². The molecule has 1 aliphatic heterocycles. The standard InChI is InChI=1S/C11H20N2O/c1-8(9-4-5-9)13-11(14)10-3-2-6-12-7-10/h8-10,12H,2-7H2,1H3,(H,13,14). The minimum atomic E-state index is 0.213. The first kappa shape index (κ1) is 9.97. The number of nitrogens with one attached hydrogen (secondary N) is 2. The van der Waals surface area contributed by atoms with E-state index < -0.39 is 0 Å². The van der Waals surface area contributed by atoms with E-state index in [0.717, 1.165) is 31.8 Å². The molecule has 0 aromatic rings. The van der Waals surface area contributed by atoms with E-state index in [0.29, 0.717) is 6.04 Å². The Hall–Kier alpha value is -0.570. The van der Waals surface area contributed by atoms with E-state index in [4.69, 9.17) is 0 Å². The Morgan fingerprint density at radius 3 is 2.79 bits per heavy atom. The third kappa shape index (κ3) is 2.47. The van der Waals surface area contributed by atoms with Gasteiger partial charge in [0.25, 0.3) is 0 Å². The van der Waals surface area contributed by atoms with Crippen LogP contribution in [0.5, 0.6) is 0 Å². The number of rotatable bonds is 3. The molecule has 3 heteroatoms. The molecule has 0 bridgehead atoms. The molecular weight excluding hydrogens is 176 g/mol. The Bertz CT molecular complexity index is 207. The van der Waals surface area contributed by atoms with Gasteiger partial charge in [0.05, 0.1) is 5.92 Å². The maximum absolute atomic E-state index is 11.8. The monoisotopic (exact) mass is 196 g/mol. The van der Waals surface area contributed by atoms with Gasteiger partial charge in [0.15, 0.2) is 0 Å². The first-order valence-electron chi connectivity index (χ1n) is 5.78. The van der Waals surface area contributed by atoms with E-state index in [1.54, 1.807) is 0 Å². The summed E-state index contributed by atoms with van der Waals surface area (Å²) in [6.07, 6.45) is 4.78. The molecule has 1 saturated carbocycles. The summed E-state index contributed by atoms with van der Waals surface area (Å²) in [5.74, 6) is 1.23. The van der Waals surface area contributed by atoms with E-state index in [1.165, 1.54) is 12.8 Å². The van der Waals surface area contributed by atoms with Crippen LogP contribution in [0.1, 0.15) is 32.6 Å². The van der Waals surface area contributed by atoms with Crippen LogP contribution in [0.3, 0.4) is 0 Å². The fraction of sp³-hybridized carbons (Fsp3) is 0.909. The van der Waals surface area contributed by atoms with Gasteiger partial charge in [-0.25, -0.2) is 0 Å². The highest BCUT2D eigenvalue weighted by Crippen LogP contribution is 2.32. The van der Waals surface area contributed by atoms with E-state index >= 15 is 0 Å². The summed E-state index contributed by atoms with van der Waals surface area (Å²) in [7, 11) is 0. The highest BCUT2D eigenvalue weighted by molar-refractivity contribution is 5.79. The SMILES string of the molecule is CC(NC(=O)C1CCCNC1)C1CC1. The van der Waals surface area contributed by atoms with Crippen molar-refractivity contribution in [1.82, 2.24) is 10.6 Å². The third-order valence-corrected chi connectivity index (χ3v) is 3.37. The summed E-state index contributed by atoms with van der Waals surface area (Å²) in [6.45, 7) is 4.07. The second-order valence-electron chi connectivity index (χ2n) is 4.68. The highest BCUT2D eigenvalue weighted by Gasteiger charge is 2.30. The number of hydrogen-bond donors (Lipinski definition) is 2. The molecule has 2 fully saturated rings. The number of piperidine rings is 1. The topological polar surface area (TPSA) is 41.1 Å². The maximum atomic E-state index is 11.8. The van der Waals surface area contributed by atoms with Crippen LogP contribution >= 0.6 is 0 Å². The Morgan fingerprint density at radius 2 is 2.21 bits per heavy atom. The lowest BCUT2D eigenvalue weighted by atomic mass is 9.98. The molecule has 2 aliphatic rings. The van der Waals surface area contributed by atoms with Gasteiger partial charge < -0.3 is 10.6 Å². The maximum Gasteiger partial charge on any atom is 0.224 e. The number of amides is 1. The van der Waals surface area contributed by atoms with Crippen LogP contribution < -0.4 is 10.6 Å². The zero-order chi connectivity index (χ0) is 9.97. The van der Waals surface area contributed by atoms with Gasteiger partial charge in [-0.1, -0.05) is 0 Å². The molecule has 0 radical (unpaired) electrons. The molecule has 2 unspecified atom stereocenters. The molecule has 14 heavy (non-hydrogen) atoms. The Kier molecular flexibility index (Phi) is 3.06. The summed E-state index contributed by atoms with van der Waals surface area (Å²) < 4.78 is 0. The third-order valence-electron chi connectivity index (χ3n) is 3.37. The molecule has 1 heterocycles. The van der Waals surface area contributed by atoms with Crippen LogP contribution in [0, 0.1) is 11.8 Å². The molecule has 1 saturated heterocycles. The van der Waals surface area contributed by atoms with Crippen molar-refractivity contribution in [1.29, 1.82) is 0 Å². The van der Waals surface area contributed by atoms with Crippen molar-refractivity contribution in [3.63, 3.8) is 0 Å². The zero-order valence-corrected chi connectivity index (χ0v) is 8.88. The summed E-state index contributed by atoms with van der Waals surface area (Å²) >= 11 is 0. The van der Waals surface area contributed by atoms with Crippen LogP contribution in [0.2, 0.25) is 0 Å². The van der Waals surface area contributed by atoms with E-state index in [1.807, 2.05) is 0 Å². The molecule has 0 aromatic carbocycles. The van der Waals surface area contributed by atoms with Crippen LogP contribution in [-0.2, 0) is 4.79 Å². The molecule has 0 spiro atoms. The normalized spacial score (nSPS) is 29.6. The predicted octanol–water partition coefficient (Wildman–Crippen LogP) is 0.901. The lowest BCUT2D eigenvalue weighted by Crippen LogP contribution is -2.44. The minimum absolute atomic E-state index is 0.213. The number of hydrogen-bond acceptors (Lipinski definition) is 2. The summed E-state index contributed by atoms with van der Waals surface area (Å²) in [5, 5.41) is 6.41. The summed E-state index contributed by atoms with van der Waals surface area (Å²) in [5.41, 5.74) is 0. The Labute approximate surface area is 85.6 Å². The molecule has 80 valence electrons. The average Bonchev–Trinajstić information content (AvgIpc) is 3.02. The van der Waals surface area contributed by atoms with Gasteiger partial charge in [-0.15, -0.1) is 0 Å². The van der Waals surface area contributed by atoms with Crippen molar-refractivity contribution in [3.8, 4) is 0 Å². The molecule has 2 rings (SSSR count). The van der Waals surface area contributed by atoms with Crippen molar-refractivity contribution >= 4 is 5.91 Å². The smallest absolute Gasteiger partial charge is 0.224 e. The van der Waals surface area contributed by atoms with Crippen molar-refractivity contribution < 1.29 is 4.79 Å². The van der Waals surface area contributed by atoms with Gasteiger partial charge >= 0.3 is 0 Å². The lowest BCUT2D eigenvalue weighted by Gasteiger charge is -2.23. The van der Waals surface area contributed by atoms with E-state index in [9.17, 15) is 4.79 Å². The van der Waals surface area contributed by atoms with Gasteiger partial charge in [0, 0.05) is 12.6 Å². The van der Waals surface area contributed by atoms with E-state index in [2.05, 4.69) is 17.6 Å². The molecule has 3 nitrogen and oxygen atoms in total. The molecular formula is C11H20N2O. The first-order chi connectivity index (χ1) is 6.77. The van der Waals surface area contributed by atoms with Gasteiger partial charge in [-0.2, -0.15) is 0 Å². The fourth-order valence-corrected chi connectivity index (χ4v) is 2.13. The van der Waals surface area contributed by atoms with Gasteiger partial charge in [-0.3, -0.25) is 4.79 Å². The second-order valence-corrected chi connectivity index (χ2v) is 4.68. The van der Waals surface area contributed by atoms with Crippen LogP contribution in [0.4, 0.5) is 0 Å². The minimum Gasteiger partial charge on any atom is -0.353 e. The zero-order valence-electron chi connectivity index (χ0n) is 8.88. The molecule has 1 aliphatic carbocycles. The summed E-state index contributed by atoms with van der Waals surface area (Å²) in [4.78, 5) is 11.8. The molecule has 2 atom stereocenters. The second kappa shape index (κ2) is 4.30. The van der Waals surface area contributed by atoms with Crippen molar-refractivity contribution in [2.45, 2.75) is 38.6 Å².